The highest BCUT2D eigenvalue weighted by atomic mass is 16.5. The molecule has 0 spiro atoms. The fraction of sp³-hybridized carbons (Fsp3) is 0.375. The second-order valence-corrected chi connectivity index (χ2v) is 8.10. The SMILES string of the molecule is CC(C)(CCN)NC(=O)c1ccc(-c2nnc(CCCOCc3ccccc3)o2)cc1. The average molecular weight is 423 g/mol. The molecule has 0 saturated carbocycles. The molecule has 0 fully saturated rings. The van der Waals surface area contributed by atoms with Gasteiger partial charge in [-0.2, -0.15) is 0 Å². The van der Waals surface area contributed by atoms with Crippen molar-refractivity contribution in [3.63, 3.8) is 0 Å². The van der Waals surface area contributed by atoms with Gasteiger partial charge >= 0.3 is 0 Å². The number of nitrogens with zero attached hydrogens (tertiary/aromatic N) is 2. The van der Waals surface area contributed by atoms with Gasteiger partial charge in [-0.1, -0.05) is 30.3 Å². The molecule has 2 aromatic carbocycles. The number of rotatable bonds is 11. The first-order chi connectivity index (χ1) is 15.0. The number of aryl methyl sites for hydroxylation is 1. The molecule has 3 rings (SSSR count). The van der Waals surface area contributed by atoms with E-state index in [0.717, 1.165) is 17.5 Å². The Hall–Kier alpha value is -3.03. The van der Waals surface area contributed by atoms with Gasteiger partial charge in [-0.25, -0.2) is 0 Å². The van der Waals surface area contributed by atoms with E-state index in [-0.39, 0.29) is 11.4 Å². The van der Waals surface area contributed by atoms with Crippen LogP contribution in [0.5, 0.6) is 0 Å². The fourth-order valence-electron chi connectivity index (χ4n) is 3.13. The maximum absolute atomic E-state index is 12.4. The first kappa shape index (κ1) is 22.7. The maximum Gasteiger partial charge on any atom is 0.251 e. The Labute approximate surface area is 183 Å². The number of nitrogens with two attached hydrogens (primary N) is 1. The third kappa shape index (κ3) is 7.01. The largest absolute Gasteiger partial charge is 0.421 e. The van der Waals surface area contributed by atoms with E-state index < -0.39 is 0 Å². The van der Waals surface area contributed by atoms with Crippen LogP contribution < -0.4 is 11.1 Å². The summed E-state index contributed by atoms with van der Waals surface area (Å²) in [5, 5.41) is 11.2. The summed E-state index contributed by atoms with van der Waals surface area (Å²) in [6.07, 6.45) is 2.16. The van der Waals surface area contributed by atoms with Crippen molar-refractivity contribution in [2.75, 3.05) is 13.2 Å². The summed E-state index contributed by atoms with van der Waals surface area (Å²) in [4.78, 5) is 12.4. The van der Waals surface area contributed by atoms with Crippen LogP contribution in [0, 0.1) is 0 Å². The molecule has 3 aromatic rings. The van der Waals surface area contributed by atoms with E-state index >= 15 is 0 Å². The molecule has 3 N–H and O–H groups in total. The van der Waals surface area contributed by atoms with E-state index in [0.29, 0.717) is 49.9 Å². The van der Waals surface area contributed by atoms with Gasteiger partial charge in [0.15, 0.2) is 0 Å². The van der Waals surface area contributed by atoms with Gasteiger partial charge in [-0.15, -0.1) is 10.2 Å². The number of nitrogens with one attached hydrogen (secondary N) is 1. The van der Waals surface area contributed by atoms with Crippen molar-refractivity contribution in [1.82, 2.24) is 15.5 Å². The number of amides is 1. The first-order valence-electron chi connectivity index (χ1n) is 10.5. The highest BCUT2D eigenvalue weighted by Gasteiger charge is 2.20. The minimum atomic E-state index is -0.350. The monoisotopic (exact) mass is 422 g/mol. The van der Waals surface area contributed by atoms with E-state index in [4.69, 9.17) is 14.9 Å². The molecule has 7 nitrogen and oxygen atoms in total. The van der Waals surface area contributed by atoms with Crippen LogP contribution in [0.2, 0.25) is 0 Å². The van der Waals surface area contributed by atoms with Gasteiger partial charge < -0.3 is 20.2 Å². The lowest BCUT2D eigenvalue weighted by Gasteiger charge is -2.25. The van der Waals surface area contributed by atoms with Crippen LogP contribution in [0.25, 0.3) is 11.5 Å². The summed E-state index contributed by atoms with van der Waals surface area (Å²) in [6, 6.07) is 17.2. The average Bonchev–Trinajstić information content (AvgIpc) is 3.23. The predicted octanol–water partition coefficient (Wildman–Crippen LogP) is 3.74. The Balaban J connectivity index is 1.47. The van der Waals surface area contributed by atoms with E-state index in [1.54, 1.807) is 12.1 Å². The predicted molar refractivity (Wildman–Crippen MR) is 119 cm³/mol. The molecule has 0 bridgehead atoms. The first-order valence-corrected chi connectivity index (χ1v) is 10.5. The van der Waals surface area contributed by atoms with Gasteiger partial charge in [0, 0.05) is 29.7 Å². The molecule has 1 aromatic heterocycles. The highest BCUT2D eigenvalue weighted by Crippen LogP contribution is 2.19. The highest BCUT2D eigenvalue weighted by molar-refractivity contribution is 5.95. The molecule has 0 aliphatic heterocycles. The molecule has 1 amide bonds. The summed E-state index contributed by atoms with van der Waals surface area (Å²) in [5.41, 5.74) is 7.76. The summed E-state index contributed by atoms with van der Waals surface area (Å²) < 4.78 is 11.4. The van der Waals surface area contributed by atoms with Crippen molar-refractivity contribution >= 4 is 5.91 Å². The lowest BCUT2D eigenvalue weighted by Crippen LogP contribution is -2.44. The van der Waals surface area contributed by atoms with Crippen LogP contribution in [0.1, 0.15) is 48.5 Å². The minimum absolute atomic E-state index is 0.133. The zero-order chi connectivity index (χ0) is 22.1. The molecular formula is C24H30N4O3. The van der Waals surface area contributed by atoms with Gasteiger partial charge in [0.25, 0.3) is 5.91 Å². The van der Waals surface area contributed by atoms with Crippen molar-refractivity contribution in [1.29, 1.82) is 0 Å². The summed E-state index contributed by atoms with van der Waals surface area (Å²) in [5.74, 6) is 0.881. The number of hydrogen-bond acceptors (Lipinski definition) is 6. The Morgan fingerprint density at radius 2 is 1.84 bits per heavy atom. The van der Waals surface area contributed by atoms with Crippen molar-refractivity contribution in [3.05, 3.63) is 71.6 Å². The molecule has 0 aliphatic carbocycles. The smallest absolute Gasteiger partial charge is 0.251 e. The van der Waals surface area contributed by atoms with Gasteiger partial charge in [0.1, 0.15) is 0 Å². The molecule has 0 unspecified atom stereocenters. The zero-order valence-electron chi connectivity index (χ0n) is 18.1. The van der Waals surface area contributed by atoms with Gasteiger partial charge in [-0.3, -0.25) is 4.79 Å². The molecule has 7 heteroatoms. The topological polar surface area (TPSA) is 103 Å². The molecule has 0 radical (unpaired) electrons. The van der Waals surface area contributed by atoms with Crippen LogP contribution in [0.15, 0.2) is 59.0 Å². The number of carbonyl (C=O) groups is 1. The summed E-state index contributed by atoms with van der Waals surface area (Å²) >= 11 is 0. The molecule has 0 aliphatic rings. The third-order valence-electron chi connectivity index (χ3n) is 4.87. The Kier molecular flexibility index (Phi) is 7.92. The van der Waals surface area contributed by atoms with Crippen LogP contribution in [0.3, 0.4) is 0 Å². The second-order valence-electron chi connectivity index (χ2n) is 8.10. The maximum atomic E-state index is 12.4. The number of ether oxygens (including phenoxy) is 1. The van der Waals surface area contributed by atoms with Crippen LogP contribution in [-0.2, 0) is 17.8 Å². The van der Waals surface area contributed by atoms with Gasteiger partial charge in [0.05, 0.1) is 6.61 Å². The van der Waals surface area contributed by atoms with Crippen LogP contribution in [0.4, 0.5) is 0 Å². The van der Waals surface area contributed by atoms with E-state index in [1.165, 1.54) is 0 Å². The van der Waals surface area contributed by atoms with Crippen LogP contribution in [-0.4, -0.2) is 34.8 Å². The molecule has 0 saturated heterocycles. The number of benzene rings is 2. The van der Waals surface area contributed by atoms with E-state index in [9.17, 15) is 4.79 Å². The molecule has 0 atom stereocenters. The van der Waals surface area contributed by atoms with Crippen molar-refractivity contribution < 1.29 is 13.9 Å². The molecule has 1 heterocycles. The van der Waals surface area contributed by atoms with Gasteiger partial charge in [-0.05, 0) is 63.1 Å². The summed E-state index contributed by atoms with van der Waals surface area (Å²) in [6.45, 7) is 5.65. The lowest BCUT2D eigenvalue weighted by molar-refractivity contribution is 0.0910. The molecule has 164 valence electrons. The normalized spacial score (nSPS) is 11.5. The van der Waals surface area contributed by atoms with Crippen molar-refractivity contribution in [2.24, 2.45) is 5.73 Å². The lowest BCUT2D eigenvalue weighted by atomic mass is 10.00. The quantitative estimate of drug-likeness (QED) is 0.456. The minimum Gasteiger partial charge on any atom is -0.421 e. The number of carbonyl (C=O) groups excluding carboxylic acids is 1. The third-order valence-corrected chi connectivity index (χ3v) is 4.87. The Bertz CT molecular complexity index is 952. The van der Waals surface area contributed by atoms with Crippen LogP contribution >= 0.6 is 0 Å². The number of aromatic nitrogens is 2. The molecule has 31 heavy (non-hydrogen) atoms. The van der Waals surface area contributed by atoms with E-state index in [1.807, 2.05) is 56.3 Å². The van der Waals surface area contributed by atoms with Gasteiger partial charge in [0.2, 0.25) is 11.8 Å². The fourth-order valence-corrected chi connectivity index (χ4v) is 3.13. The van der Waals surface area contributed by atoms with E-state index in [2.05, 4.69) is 15.5 Å². The van der Waals surface area contributed by atoms with Crippen molar-refractivity contribution in [2.45, 2.75) is 45.3 Å². The summed E-state index contributed by atoms with van der Waals surface area (Å²) in [7, 11) is 0. The Morgan fingerprint density at radius 3 is 2.55 bits per heavy atom. The number of hydrogen-bond donors (Lipinski definition) is 2. The zero-order valence-corrected chi connectivity index (χ0v) is 18.1. The van der Waals surface area contributed by atoms with Crippen molar-refractivity contribution in [3.8, 4) is 11.5 Å². The standard InChI is InChI=1S/C24H30N4O3/c1-24(2,14-15-25)26-22(29)19-10-12-20(13-11-19)23-28-27-21(31-23)9-6-16-30-17-18-7-4-3-5-8-18/h3-5,7-8,10-13H,6,9,14-17,25H2,1-2H3,(H,26,29). The second kappa shape index (κ2) is 10.8. The Morgan fingerprint density at radius 1 is 1.10 bits per heavy atom. The molecular weight excluding hydrogens is 392 g/mol.